The number of nitrogens with two attached hydrogens (primary N) is 1. The van der Waals surface area contributed by atoms with E-state index in [2.05, 4.69) is 15.5 Å². The Bertz CT molecular complexity index is 1000. The number of hydrogen-bond acceptors (Lipinski definition) is 11. The number of carbonyl (C=O) groups excluding carboxylic acids is 3. The molecule has 1 aromatic heterocycles. The summed E-state index contributed by atoms with van der Waals surface area (Å²) in [5, 5.41) is 16.6. The minimum atomic E-state index is -1.32. The first-order chi connectivity index (χ1) is 14.6. The molecule has 1 saturated heterocycles. The van der Waals surface area contributed by atoms with Gasteiger partial charge in [0.25, 0.3) is 11.8 Å². The molecule has 1 aromatic rings. The number of aliphatic carboxylic acids is 1. The molecule has 2 aliphatic heterocycles. The number of nitrogens with one attached hydrogen (secondary N) is 1. The van der Waals surface area contributed by atoms with Crippen LogP contribution in [0, 0.1) is 0 Å². The zero-order valence-corrected chi connectivity index (χ0v) is 18.3. The van der Waals surface area contributed by atoms with E-state index in [4.69, 9.17) is 15.3 Å². The second kappa shape index (κ2) is 8.93. The monoisotopic (exact) mass is 469 g/mol. The summed E-state index contributed by atoms with van der Waals surface area (Å²) >= 11 is 2.38. The molecular formula is C17H19N5O7S2. The first-order valence-electron chi connectivity index (χ1n) is 8.87. The molecule has 3 atom stereocenters. The molecule has 0 aromatic carbocycles. The Morgan fingerprint density at radius 2 is 2.13 bits per heavy atom. The van der Waals surface area contributed by atoms with Crippen LogP contribution in [0.4, 0.5) is 5.13 Å². The molecule has 1 unspecified atom stereocenters. The average molecular weight is 470 g/mol. The zero-order chi connectivity index (χ0) is 22.9. The van der Waals surface area contributed by atoms with Crippen molar-refractivity contribution in [3.8, 4) is 0 Å². The SMILES string of the molecule is CO/N=C(\C(=O)NC1C(=O)N2C(C(=O)O)=C(COC(C)=O)[C@H](C)S[C@@H]12)c1csc(N)n1. The highest BCUT2D eigenvalue weighted by atomic mass is 32.2. The Balaban J connectivity index is 1.82. The van der Waals surface area contributed by atoms with Crippen LogP contribution in [0.25, 0.3) is 0 Å². The molecule has 0 spiro atoms. The second-order valence-electron chi connectivity index (χ2n) is 6.48. The van der Waals surface area contributed by atoms with E-state index in [-0.39, 0.29) is 34.1 Å². The number of carboxylic acid groups (broad SMARTS) is 1. The number of β-lactam (4-membered cyclic amide) rings is 1. The van der Waals surface area contributed by atoms with Gasteiger partial charge in [-0.05, 0) is 6.92 Å². The topological polar surface area (TPSA) is 174 Å². The van der Waals surface area contributed by atoms with Crippen LogP contribution in [0.3, 0.4) is 0 Å². The number of thiazole rings is 1. The van der Waals surface area contributed by atoms with Crippen molar-refractivity contribution in [3.05, 3.63) is 22.3 Å². The number of carbonyl (C=O) groups is 4. The maximum absolute atomic E-state index is 12.7. The van der Waals surface area contributed by atoms with Crippen LogP contribution in [0.15, 0.2) is 21.8 Å². The summed E-state index contributed by atoms with van der Waals surface area (Å²) in [7, 11) is 1.26. The van der Waals surface area contributed by atoms with Crippen molar-refractivity contribution < 1.29 is 33.9 Å². The molecule has 2 aliphatic rings. The van der Waals surface area contributed by atoms with Crippen LogP contribution in [-0.4, -0.2) is 74.8 Å². The van der Waals surface area contributed by atoms with Gasteiger partial charge in [0.15, 0.2) is 10.8 Å². The van der Waals surface area contributed by atoms with Gasteiger partial charge in [-0.1, -0.05) is 5.16 Å². The molecule has 12 nitrogen and oxygen atoms in total. The van der Waals surface area contributed by atoms with Crippen molar-refractivity contribution in [2.75, 3.05) is 19.5 Å². The molecule has 1 fully saturated rings. The lowest BCUT2D eigenvalue weighted by Gasteiger charge is -2.50. The van der Waals surface area contributed by atoms with Gasteiger partial charge in [-0.3, -0.25) is 19.3 Å². The zero-order valence-electron chi connectivity index (χ0n) is 16.6. The van der Waals surface area contributed by atoms with E-state index in [1.165, 1.54) is 31.2 Å². The number of anilines is 1. The summed E-state index contributed by atoms with van der Waals surface area (Å²) in [6, 6.07) is -0.984. The minimum absolute atomic E-state index is 0.167. The van der Waals surface area contributed by atoms with Crippen molar-refractivity contribution in [1.29, 1.82) is 0 Å². The van der Waals surface area contributed by atoms with Crippen LogP contribution in [0.5, 0.6) is 0 Å². The fraction of sp³-hybridized carbons (Fsp3) is 0.412. The third-order valence-corrected chi connectivity index (χ3v) is 6.63. The molecule has 4 N–H and O–H groups in total. The first-order valence-corrected chi connectivity index (χ1v) is 10.7. The Morgan fingerprint density at radius 1 is 1.42 bits per heavy atom. The normalized spacial score (nSPS) is 23.1. The summed E-state index contributed by atoms with van der Waals surface area (Å²) in [4.78, 5) is 58.3. The quantitative estimate of drug-likeness (QED) is 0.209. The Labute approximate surface area is 184 Å². The highest BCUT2D eigenvalue weighted by Gasteiger charge is 2.56. The van der Waals surface area contributed by atoms with E-state index >= 15 is 0 Å². The van der Waals surface area contributed by atoms with E-state index in [9.17, 15) is 24.3 Å². The molecule has 0 bridgehead atoms. The van der Waals surface area contributed by atoms with Crippen LogP contribution in [0.1, 0.15) is 19.5 Å². The summed E-state index contributed by atoms with van der Waals surface area (Å²) in [6.45, 7) is 2.70. The van der Waals surface area contributed by atoms with Crippen molar-refractivity contribution in [1.82, 2.24) is 15.2 Å². The molecule has 166 valence electrons. The van der Waals surface area contributed by atoms with Crippen LogP contribution < -0.4 is 11.1 Å². The molecular weight excluding hydrogens is 450 g/mol. The lowest BCUT2D eigenvalue weighted by Crippen LogP contribution is -2.71. The summed E-state index contributed by atoms with van der Waals surface area (Å²) < 4.78 is 4.95. The molecule has 2 amide bonds. The molecule has 0 radical (unpaired) electrons. The number of hydrogen-bond donors (Lipinski definition) is 3. The number of fused-ring (bicyclic) bond motifs is 1. The van der Waals surface area contributed by atoms with Crippen LogP contribution in [-0.2, 0) is 28.8 Å². The van der Waals surface area contributed by atoms with Gasteiger partial charge in [0.1, 0.15) is 36.5 Å². The molecule has 3 rings (SSSR count). The number of aromatic nitrogens is 1. The van der Waals surface area contributed by atoms with E-state index in [1.807, 2.05) is 0 Å². The third kappa shape index (κ3) is 4.34. The second-order valence-corrected chi connectivity index (χ2v) is 8.83. The highest BCUT2D eigenvalue weighted by molar-refractivity contribution is 8.00. The maximum Gasteiger partial charge on any atom is 0.352 e. The predicted octanol–water partition coefficient (Wildman–Crippen LogP) is -0.234. The lowest BCUT2D eigenvalue weighted by molar-refractivity contribution is -0.150. The number of carboxylic acids is 1. The molecule has 0 saturated carbocycles. The average Bonchev–Trinajstić information content (AvgIpc) is 3.13. The van der Waals surface area contributed by atoms with Gasteiger partial charge >= 0.3 is 11.9 Å². The van der Waals surface area contributed by atoms with Crippen LogP contribution >= 0.6 is 23.1 Å². The van der Waals surface area contributed by atoms with Gasteiger partial charge in [0.2, 0.25) is 0 Å². The van der Waals surface area contributed by atoms with E-state index < -0.39 is 35.2 Å². The van der Waals surface area contributed by atoms with Gasteiger partial charge in [-0.15, -0.1) is 23.1 Å². The number of nitrogens with zero attached hydrogens (tertiary/aromatic N) is 3. The van der Waals surface area contributed by atoms with Crippen molar-refractivity contribution >= 4 is 57.7 Å². The standard InChI is InChI=1S/C17H19N5O7S2/c1-6-8(4-29-7(2)23)12(16(26)27)22-14(25)11(15(22)31-6)20-13(24)10(21-28-3)9-5-30-17(18)19-9/h5-6,11,15H,4H2,1-3H3,(H2,18,19)(H,20,24)(H,26,27)/b21-10-/t6-,11?,15-/m0/s1. The van der Waals surface area contributed by atoms with E-state index in [0.29, 0.717) is 5.57 Å². The Morgan fingerprint density at radius 3 is 2.68 bits per heavy atom. The summed E-state index contributed by atoms with van der Waals surface area (Å²) in [5.41, 5.74) is 5.68. The number of esters is 1. The molecule has 14 heteroatoms. The van der Waals surface area contributed by atoms with Crippen molar-refractivity contribution in [2.24, 2.45) is 5.16 Å². The van der Waals surface area contributed by atoms with Gasteiger partial charge < -0.3 is 25.7 Å². The van der Waals surface area contributed by atoms with Gasteiger partial charge in [-0.25, -0.2) is 9.78 Å². The van der Waals surface area contributed by atoms with E-state index in [1.54, 1.807) is 6.92 Å². The van der Waals surface area contributed by atoms with Gasteiger partial charge in [-0.2, -0.15) is 0 Å². The fourth-order valence-corrected chi connectivity index (χ4v) is 5.10. The molecule has 31 heavy (non-hydrogen) atoms. The number of nitrogen functional groups attached to an aromatic ring is 1. The number of oxime groups is 1. The van der Waals surface area contributed by atoms with Crippen molar-refractivity contribution in [2.45, 2.75) is 30.5 Å². The van der Waals surface area contributed by atoms with E-state index in [0.717, 1.165) is 16.2 Å². The third-order valence-electron chi connectivity index (χ3n) is 4.50. The predicted molar refractivity (Wildman–Crippen MR) is 111 cm³/mol. The smallest absolute Gasteiger partial charge is 0.352 e. The lowest BCUT2D eigenvalue weighted by atomic mass is 10.0. The van der Waals surface area contributed by atoms with Gasteiger partial charge in [0, 0.05) is 23.1 Å². The highest BCUT2D eigenvalue weighted by Crippen LogP contribution is 2.44. The molecule has 0 aliphatic carbocycles. The number of amides is 2. The Kier molecular flexibility index (Phi) is 6.50. The maximum atomic E-state index is 12.7. The Hall–Kier alpha value is -3.13. The first kappa shape index (κ1) is 22.6. The number of rotatable bonds is 7. The summed E-state index contributed by atoms with van der Waals surface area (Å²) in [5.74, 6) is -3.21. The van der Waals surface area contributed by atoms with Crippen LogP contribution in [0.2, 0.25) is 0 Å². The summed E-state index contributed by atoms with van der Waals surface area (Å²) in [6.07, 6.45) is 0. The fourth-order valence-electron chi connectivity index (χ4n) is 3.12. The largest absolute Gasteiger partial charge is 0.477 e. The molecule has 3 heterocycles. The minimum Gasteiger partial charge on any atom is -0.477 e. The van der Waals surface area contributed by atoms with Gasteiger partial charge in [0.05, 0.1) is 0 Å². The number of thioether (sulfide) groups is 1. The van der Waals surface area contributed by atoms with Crippen molar-refractivity contribution in [3.63, 3.8) is 0 Å². The number of ether oxygens (including phenoxy) is 1.